The highest BCUT2D eigenvalue weighted by Crippen LogP contribution is 2.31. The Morgan fingerprint density at radius 1 is 1.07 bits per heavy atom. The van der Waals surface area contributed by atoms with Gasteiger partial charge in [-0.2, -0.15) is 22.7 Å². The highest BCUT2D eigenvalue weighted by Gasteiger charge is 2.32. The van der Waals surface area contributed by atoms with Gasteiger partial charge in [0.05, 0.1) is 41.5 Å². The van der Waals surface area contributed by atoms with Crippen LogP contribution in [0.2, 0.25) is 0 Å². The molecule has 0 saturated carbocycles. The molecule has 15 heteroatoms. The molecule has 4 heterocycles. The van der Waals surface area contributed by atoms with Crippen LogP contribution in [0, 0.1) is 11.3 Å². The van der Waals surface area contributed by atoms with Gasteiger partial charge in [0.1, 0.15) is 5.82 Å². The molecule has 3 aromatic heterocycles. The first-order valence-electron chi connectivity index (χ1n) is 12.7. The fourth-order valence-electron chi connectivity index (χ4n) is 4.54. The molecule has 0 radical (unpaired) electrons. The lowest BCUT2D eigenvalue weighted by atomic mass is 10.0. The van der Waals surface area contributed by atoms with Crippen molar-refractivity contribution in [1.29, 1.82) is 5.26 Å². The molecule has 4 aromatic rings. The van der Waals surface area contributed by atoms with E-state index in [4.69, 9.17) is 5.26 Å². The van der Waals surface area contributed by atoms with E-state index in [-0.39, 0.29) is 34.3 Å². The number of pyridine rings is 1. The van der Waals surface area contributed by atoms with Crippen molar-refractivity contribution in [3.63, 3.8) is 0 Å². The van der Waals surface area contributed by atoms with E-state index in [1.165, 1.54) is 10.5 Å². The molecular weight excluding hydrogens is 589 g/mol. The smallest absolute Gasteiger partial charge is 0.322 e. The predicted octanol–water partition coefficient (Wildman–Crippen LogP) is 4.65. The summed E-state index contributed by atoms with van der Waals surface area (Å²) < 4.78 is 68.3. The second-order valence-corrected chi connectivity index (χ2v) is 12.6. The van der Waals surface area contributed by atoms with Gasteiger partial charge in [-0.3, -0.25) is 4.90 Å². The van der Waals surface area contributed by atoms with E-state index in [1.807, 2.05) is 22.8 Å². The van der Waals surface area contributed by atoms with E-state index in [2.05, 4.69) is 37.8 Å². The second kappa shape index (κ2) is 12.0. The van der Waals surface area contributed by atoms with Crippen LogP contribution in [-0.4, -0.2) is 63.3 Å². The van der Waals surface area contributed by atoms with Gasteiger partial charge in [-0.25, -0.2) is 23.4 Å². The average Bonchev–Trinajstić information content (AvgIpc) is 3.64. The number of allylic oxidation sites excluding steroid dienone is 1. The number of alkyl halides is 3. The number of thiazole rings is 1. The highest BCUT2D eigenvalue weighted by atomic mass is 32.2. The Balaban J connectivity index is 1.20. The zero-order chi connectivity index (χ0) is 29.9. The second-order valence-electron chi connectivity index (χ2n) is 9.43. The number of rotatable bonds is 9. The molecule has 1 fully saturated rings. The number of benzene rings is 1. The Morgan fingerprint density at radius 3 is 2.43 bits per heavy atom. The lowest BCUT2D eigenvalue weighted by Crippen LogP contribution is -2.48. The standard InChI is InChI=1S/C27H25F3N8O2S2/c1-2-23(20-5-3-19(13-31)4-6-20)38-18-32-15-22(38)17-36-9-11-37(12-10-36)42(39,40)25-16-34-26(41-25)35-24-8-7-21(14-33-24)27(28,29)30/h2-8,14-16,18,23H,1,9-12,17H2,(H,33,34,35)/t23-/m1/s1. The largest absolute Gasteiger partial charge is 0.417 e. The number of aromatic nitrogens is 4. The molecule has 1 atom stereocenters. The van der Waals surface area contributed by atoms with Crippen molar-refractivity contribution in [3.05, 3.63) is 96.4 Å². The van der Waals surface area contributed by atoms with Crippen molar-refractivity contribution in [1.82, 2.24) is 28.7 Å². The molecule has 5 rings (SSSR count). The average molecular weight is 615 g/mol. The van der Waals surface area contributed by atoms with Crippen LogP contribution in [-0.2, 0) is 22.7 Å². The summed E-state index contributed by atoms with van der Waals surface area (Å²) >= 11 is 0.884. The summed E-state index contributed by atoms with van der Waals surface area (Å²) in [5.41, 5.74) is 1.59. The third-order valence-corrected chi connectivity index (χ3v) is 10.0. The number of nitrogens with zero attached hydrogens (tertiary/aromatic N) is 7. The van der Waals surface area contributed by atoms with Gasteiger partial charge >= 0.3 is 6.18 Å². The van der Waals surface area contributed by atoms with Crippen LogP contribution in [0.4, 0.5) is 24.1 Å². The Bertz CT molecular complexity index is 1690. The molecule has 1 N–H and O–H groups in total. The first-order valence-corrected chi connectivity index (χ1v) is 15.0. The molecule has 1 aliphatic rings. The van der Waals surface area contributed by atoms with Crippen LogP contribution in [0.3, 0.4) is 0 Å². The van der Waals surface area contributed by atoms with E-state index in [9.17, 15) is 21.6 Å². The monoisotopic (exact) mass is 614 g/mol. The zero-order valence-corrected chi connectivity index (χ0v) is 23.7. The van der Waals surface area contributed by atoms with Crippen LogP contribution < -0.4 is 5.32 Å². The minimum absolute atomic E-state index is 0.0275. The normalized spacial score (nSPS) is 15.7. The van der Waals surface area contributed by atoms with Gasteiger partial charge in [-0.1, -0.05) is 29.5 Å². The van der Waals surface area contributed by atoms with E-state index < -0.39 is 21.8 Å². The summed E-state index contributed by atoms with van der Waals surface area (Å²) in [6.45, 7) is 6.08. The van der Waals surface area contributed by atoms with Crippen molar-refractivity contribution < 1.29 is 21.6 Å². The van der Waals surface area contributed by atoms with E-state index in [1.54, 1.807) is 24.7 Å². The Morgan fingerprint density at radius 2 is 1.81 bits per heavy atom. The molecule has 0 aliphatic carbocycles. The van der Waals surface area contributed by atoms with Gasteiger partial charge in [0, 0.05) is 45.1 Å². The Hall–Kier alpha value is -4.10. The SMILES string of the molecule is C=C[C@H](c1ccc(C#N)cc1)n1cncc1CN1CCN(S(=O)(=O)c2cnc(Nc3ccc(C(F)(F)F)cn3)s2)CC1. The topological polar surface area (TPSA) is 120 Å². The summed E-state index contributed by atoms with van der Waals surface area (Å²) in [4.78, 5) is 14.3. The zero-order valence-electron chi connectivity index (χ0n) is 22.1. The van der Waals surface area contributed by atoms with Crippen molar-refractivity contribution in [2.75, 3.05) is 31.5 Å². The minimum Gasteiger partial charge on any atom is -0.322 e. The van der Waals surface area contributed by atoms with Crippen molar-refractivity contribution in [2.45, 2.75) is 23.0 Å². The number of imidazole rings is 1. The van der Waals surface area contributed by atoms with Crippen LogP contribution >= 0.6 is 11.3 Å². The summed E-state index contributed by atoms with van der Waals surface area (Å²) in [5.74, 6) is 0.118. The molecule has 42 heavy (non-hydrogen) atoms. The summed E-state index contributed by atoms with van der Waals surface area (Å²) in [6, 6.07) is 11.3. The van der Waals surface area contributed by atoms with Crippen LogP contribution in [0.15, 0.2) is 78.2 Å². The number of hydrogen-bond donors (Lipinski definition) is 1. The molecule has 1 aromatic carbocycles. The number of anilines is 2. The van der Waals surface area contributed by atoms with Gasteiger partial charge in [0.25, 0.3) is 10.0 Å². The molecule has 10 nitrogen and oxygen atoms in total. The van der Waals surface area contributed by atoms with Crippen molar-refractivity contribution in [3.8, 4) is 6.07 Å². The third kappa shape index (κ3) is 6.36. The molecule has 218 valence electrons. The highest BCUT2D eigenvalue weighted by molar-refractivity contribution is 7.91. The van der Waals surface area contributed by atoms with Gasteiger partial charge in [0.2, 0.25) is 0 Å². The van der Waals surface area contributed by atoms with Gasteiger partial charge in [-0.15, -0.1) is 6.58 Å². The van der Waals surface area contributed by atoms with Gasteiger partial charge in [0.15, 0.2) is 9.34 Å². The lowest BCUT2D eigenvalue weighted by molar-refractivity contribution is -0.137. The number of nitrogens with one attached hydrogen (secondary N) is 1. The minimum atomic E-state index is -4.50. The molecule has 0 amide bonds. The van der Waals surface area contributed by atoms with E-state index in [0.29, 0.717) is 31.4 Å². The van der Waals surface area contributed by atoms with E-state index >= 15 is 0 Å². The predicted molar refractivity (Wildman–Crippen MR) is 150 cm³/mol. The molecular formula is C27H25F3N8O2S2. The molecule has 1 aliphatic heterocycles. The molecule has 0 bridgehead atoms. The fraction of sp³-hybridized carbons (Fsp3) is 0.259. The van der Waals surface area contributed by atoms with Gasteiger partial charge in [-0.05, 0) is 29.8 Å². The lowest BCUT2D eigenvalue weighted by Gasteiger charge is -2.34. The maximum atomic E-state index is 13.3. The summed E-state index contributed by atoms with van der Waals surface area (Å²) in [7, 11) is -3.81. The number of nitriles is 1. The number of halogens is 3. The van der Waals surface area contributed by atoms with Crippen molar-refractivity contribution >= 4 is 32.3 Å². The maximum Gasteiger partial charge on any atom is 0.417 e. The summed E-state index contributed by atoms with van der Waals surface area (Å²) in [6.07, 6.45) is 2.75. The first kappa shape index (κ1) is 29.4. The number of sulfonamides is 1. The van der Waals surface area contributed by atoms with Gasteiger partial charge < -0.3 is 9.88 Å². The van der Waals surface area contributed by atoms with Crippen LogP contribution in [0.25, 0.3) is 0 Å². The summed E-state index contributed by atoms with van der Waals surface area (Å²) in [5, 5.41) is 12.0. The van der Waals surface area contributed by atoms with E-state index in [0.717, 1.165) is 34.7 Å². The first-order chi connectivity index (χ1) is 20.1. The maximum absolute atomic E-state index is 13.3. The molecule has 0 unspecified atom stereocenters. The third-order valence-electron chi connectivity index (χ3n) is 6.77. The van der Waals surface area contributed by atoms with Crippen molar-refractivity contribution in [2.24, 2.45) is 0 Å². The number of hydrogen-bond acceptors (Lipinski definition) is 9. The van der Waals surface area contributed by atoms with Crippen LogP contribution in [0.5, 0.6) is 0 Å². The molecule has 0 spiro atoms. The fourth-order valence-corrected chi connectivity index (χ4v) is 7.15. The Labute approximate surface area is 244 Å². The quantitative estimate of drug-likeness (QED) is 0.271. The van der Waals surface area contributed by atoms with Crippen LogP contribution in [0.1, 0.15) is 28.4 Å². The Kier molecular flexibility index (Phi) is 8.41. The number of piperazine rings is 1. The molecule has 1 saturated heterocycles.